The molecule has 1 aromatic rings. The Kier molecular flexibility index (Phi) is 5.50. The number of nitrogens with one attached hydrogen (secondary N) is 1. The number of ether oxygens (including phenoxy) is 1. The van der Waals surface area contributed by atoms with Gasteiger partial charge >= 0.3 is 5.97 Å². The number of carbonyl (C=O) groups excluding carboxylic acids is 1. The fraction of sp³-hybridized carbons (Fsp3) is 0.467. The lowest BCUT2D eigenvalue weighted by Gasteiger charge is -2.19. The molecule has 1 fully saturated rings. The molecule has 0 aliphatic heterocycles. The molecule has 1 aliphatic rings. The molecule has 5 nitrogen and oxygen atoms in total. The number of thioether (sulfide) groups is 1. The van der Waals surface area contributed by atoms with Gasteiger partial charge in [-0.15, -0.1) is 11.8 Å². The summed E-state index contributed by atoms with van der Waals surface area (Å²) in [4.78, 5) is 22.4. The zero-order valence-corrected chi connectivity index (χ0v) is 12.7. The first kappa shape index (κ1) is 15.7. The van der Waals surface area contributed by atoms with Gasteiger partial charge in [0.15, 0.2) is 0 Å². The van der Waals surface area contributed by atoms with Gasteiger partial charge in [-0.1, -0.05) is 12.1 Å². The number of benzene rings is 1. The Morgan fingerprint density at radius 1 is 1.33 bits per heavy atom. The normalized spacial score (nSPS) is 15.3. The summed E-state index contributed by atoms with van der Waals surface area (Å²) in [7, 11) is 1.62. The monoisotopic (exact) mass is 309 g/mol. The van der Waals surface area contributed by atoms with Crippen molar-refractivity contribution in [3.05, 3.63) is 29.8 Å². The van der Waals surface area contributed by atoms with Crippen LogP contribution in [0.3, 0.4) is 0 Å². The van der Waals surface area contributed by atoms with Crippen molar-refractivity contribution in [2.75, 3.05) is 18.6 Å². The van der Waals surface area contributed by atoms with Crippen LogP contribution in [0.1, 0.15) is 24.4 Å². The molecule has 0 spiro atoms. The van der Waals surface area contributed by atoms with E-state index in [1.165, 1.54) is 0 Å². The molecule has 1 aromatic carbocycles. The van der Waals surface area contributed by atoms with Gasteiger partial charge in [-0.05, 0) is 36.5 Å². The van der Waals surface area contributed by atoms with Crippen LogP contribution in [-0.4, -0.2) is 35.6 Å². The molecule has 0 saturated heterocycles. The Morgan fingerprint density at radius 2 is 2.00 bits per heavy atom. The Morgan fingerprint density at radius 3 is 2.52 bits per heavy atom. The smallest absolute Gasteiger partial charge is 0.313 e. The number of amides is 1. The van der Waals surface area contributed by atoms with Crippen molar-refractivity contribution >= 4 is 23.6 Å². The predicted octanol–water partition coefficient (Wildman–Crippen LogP) is 2.08. The third-order valence-electron chi connectivity index (χ3n) is 3.34. The van der Waals surface area contributed by atoms with Crippen molar-refractivity contribution in [3.63, 3.8) is 0 Å². The van der Waals surface area contributed by atoms with E-state index in [2.05, 4.69) is 5.32 Å². The molecular formula is C15H19NO4S. The van der Waals surface area contributed by atoms with E-state index in [-0.39, 0.29) is 23.5 Å². The number of methoxy groups -OCH3 is 1. The number of carboxylic acid groups (broad SMARTS) is 1. The average Bonchev–Trinajstić information content (AvgIpc) is 3.29. The molecule has 1 unspecified atom stereocenters. The Bertz CT molecular complexity index is 499. The fourth-order valence-electron chi connectivity index (χ4n) is 2.16. The maximum absolute atomic E-state index is 11.9. The summed E-state index contributed by atoms with van der Waals surface area (Å²) in [5, 5.41) is 11.6. The second-order valence-electron chi connectivity index (χ2n) is 5.04. The van der Waals surface area contributed by atoms with Crippen LogP contribution in [0.5, 0.6) is 5.75 Å². The number of hydrogen-bond acceptors (Lipinski definition) is 4. The molecule has 0 aromatic heterocycles. The molecule has 1 saturated carbocycles. The van der Waals surface area contributed by atoms with Crippen LogP contribution in [0.15, 0.2) is 24.3 Å². The van der Waals surface area contributed by atoms with Crippen molar-refractivity contribution in [1.29, 1.82) is 0 Å². The van der Waals surface area contributed by atoms with Gasteiger partial charge in [0.2, 0.25) is 5.91 Å². The zero-order chi connectivity index (χ0) is 15.2. The Hall–Kier alpha value is -1.69. The second kappa shape index (κ2) is 7.36. The number of rotatable bonds is 8. The molecule has 1 amide bonds. The van der Waals surface area contributed by atoms with Crippen molar-refractivity contribution in [2.24, 2.45) is 5.92 Å². The van der Waals surface area contributed by atoms with Crippen LogP contribution in [0.2, 0.25) is 0 Å². The van der Waals surface area contributed by atoms with Crippen molar-refractivity contribution in [1.82, 2.24) is 5.32 Å². The molecule has 114 valence electrons. The highest BCUT2D eigenvalue weighted by atomic mass is 32.2. The minimum absolute atomic E-state index is 0.00818. The van der Waals surface area contributed by atoms with Gasteiger partial charge in [0.1, 0.15) is 5.75 Å². The Labute approximate surface area is 128 Å². The third-order valence-corrected chi connectivity index (χ3v) is 4.26. The van der Waals surface area contributed by atoms with E-state index in [1.807, 2.05) is 24.3 Å². The maximum atomic E-state index is 11.9. The minimum Gasteiger partial charge on any atom is -0.497 e. The van der Waals surface area contributed by atoms with Crippen LogP contribution < -0.4 is 10.1 Å². The zero-order valence-electron chi connectivity index (χ0n) is 11.9. The third kappa shape index (κ3) is 4.97. The number of carboxylic acids is 1. The number of aliphatic carboxylic acids is 1. The highest BCUT2D eigenvalue weighted by Crippen LogP contribution is 2.41. The maximum Gasteiger partial charge on any atom is 0.313 e. The molecule has 0 heterocycles. The molecule has 6 heteroatoms. The van der Waals surface area contributed by atoms with Crippen molar-refractivity contribution in [2.45, 2.75) is 18.9 Å². The quantitative estimate of drug-likeness (QED) is 0.769. The van der Waals surface area contributed by atoms with Crippen LogP contribution in [0.4, 0.5) is 0 Å². The topological polar surface area (TPSA) is 75.6 Å². The lowest BCUT2D eigenvalue weighted by Crippen LogP contribution is -2.31. The van der Waals surface area contributed by atoms with Crippen LogP contribution in [-0.2, 0) is 9.59 Å². The first-order chi connectivity index (χ1) is 10.1. The summed E-state index contributed by atoms with van der Waals surface area (Å²) >= 11 is 1.11. The van der Waals surface area contributed by atoms with Gasteiger partial charge in [0.05, 0.1) is 24.7 Å². The summed E-state index contributed by atoms with van der Waals surface area (Å²) in [6.07, 6.45) is 2.22. The van der Waals surface area contributed by atoms with Gasteiger partial charge in [0.25, 0.3) is 0 Å². The standard InChI is InChI=1S/C15H19NO4S/c1-20-12-6-4-11(5-7-12)15(10-2-3-10)16-13(17)8-21-9-14(18)19/h4-7,10,15H,2-3,8-9H2,1H3,(H,16,17)(H,18,19). The highest BCUT2D eigenvalue weighted by Gasteiger charge is 2.33. The average molecular weight is 309 g/mol. The molecule has 2 rings (SSSR count). The Balaban J connectivity index is 1.92. The van der Waals surface area contributed by atoms with Gasteiger partial charge < -0.3 is 15.2 Å². The summed E-state index contributed by atoms with van der Waals surface area (Å²) in [6, 6.07) is 7.71. The largest absolute Gasteiger partial charge is 0.497 e. The lowest BCUT2D eigenvalue weighted by molar-refractivity contribution is -0.133. The summed E-state index contributed by atoms with van der Waals surface area (Å²) in [5.41, 5.74) is 1.06. The van der Waals surface area contributed by atoms with Crippen molar-refractivity contribution in [3.8, 4) is 5.75 Å². The lowest BCUT2D eigenvalue weighted by atomic mass is 10.0. The van der Waals surface area contributed by atoms with Gasteiger partial charge in [-0.3, -0.25) is 9.59 Å². The van der Waals surface area contributed by atoms with Gasteiger partial charge in [-0.2, -0.15) is 0 Å². The summed E-state index contributed by atoms with van der Waals surface area (Å²) in [6.45, 7) is 0. The molecule has 21 heavy (non-hydrogen) atoms. The molecule has 0 radical (unpaired) electrons. The predicted molar refractivity (Wildman–Crippen MR) is 81.6 cm³/mol. The van der Waals surface area contributed by atoms with E-state index in [1.54, 1.807) is 7.11 Å². The number of hydrogen-bond donors (Lipinski definition) is 2. The fourth-order valence-corrected chi connectivity index (χ4v) is 2.71. The first-order valence-corrected chi connectivity index (χ1v) is 7.98. The summed E-state index contributed by atoms with van der Waals surface area (Å²) in [5.74, 6) is 0.370. The molecule has 0 bridgehead atoms. The van der Waals surface area contributed by atoms with Crippen LogP contribution in [0.25, 0.3) is 0 Å². The van der Waals surface area contributed by atoms with E-state index in [4.69, 9.17) is 9.84 Å². The van der Waals surface area contributed by atoms with Crippen molar-refractivity contribution < 1.29 is 19.4 Å². The van der Waals surface area contributed by atoms with E-state index < -0.39 is 5.97 Å². The van der Waals surface area contributed by atoms with E-state index in [0.717, 1.165) is 35.9 Å². The van der Waals surface area contributed by atoms with Gasteiger partial charge in [0, 0.05) is 0 Å². The van der Waals surface area contributed by atoms with Crippen LogP contribution in [0, 0.1) is 5.92 Å². The molecular weight excluding hydrogens is 290 g/mol. The first-order valence-electron chi connectivity index (χ1n) is 6.83. The molecule has 2 N–H and O–H groups in total. The summed E-state index contributed by atoms with van der Waals surface area (Å²) < 4.78 is 5.14. The highest BCUT2D eigenvalue weighted by molar-refractivity contribution is 8.00. The molecule has 1 atom stereocenters. The van der Waals surface area contributed by atoms with E-state index in [0.29, 0.717) is 5.92 Å². The minimum atomic E-state index is -0.901. The second-order valence-corrected chi connectivity index (χ2v) is 6.03. The van der Waals surface area contributed by atoms with Crippen LogP contribution >= 0.6 is 11.8 Å². The van der Waals surface area contributed by atoms with E-state index in [9.17, 15) is 9.59 Å². The molecule has 1 aliphatic carbocycles. The van der Waals surface area contributed by atoms with Gasteiger partial charge in [-0.25, -0.2) is 0 Å². The van der Waals surface area contributed by atoms with E-state index >= 15 is 0 Å². The number of carbonyl (C=O) groups is 2. The SMILES string of the molecule is COc1ccc(C(NC(=O)CSCC(=O)O)C2CC2)cc1.